The molecule has 6 nitrogen and oxygen atoms in total. The number of rotatable bonds is 6. The standard InChI is InChI=1S/C23H31N3O3/c1-5-24-22(28)23(11-6-12-26(15-23)21(27)16(2)3)14-19-13-20(25-29-19)18-9-7-17(4)8-10-18/h7-10,13,16H,5-6,11-12,14-15H2,1-4H3,(H,24,28)/t23-/m1/s1. The highest BCUT2D eigenvalue weighted by atomic mass is 16.5. The lowest BCUT2D eigenvalue weighted by Gasteiger charge is -2.41. The zero-order valence-electron chi connectivity index (χ0n) is 17.8. The SMILES string of the molecule is CCNC(=O)[C@@]1(Cc2cc(-c3ccc(C)cc3)no2)CCCN(C(=O)C(C)C)C1. The van der Waals surface area contributed by atoms with Crippen molar-refractivity contribution in [3.05, 3.63) is 41.7 Å². The maximum absolute atomic E-state index is 13.1. The Balaban J connectivity index is 1.85. The third-order valence-electron chi connectivity index (χ3n) is 5.62. The second-order valence-corrected chi connectivity index (χ2v) is 8.38. The third-order valence-corrected chi connectivity index (χ3v) is 5.62. The van der Waals surface area contributed by atoms with E-state index in [0.717, 1.165) is 24.1 Å². The first kappa shape index (κ1) is 21.1. The molecule has 0 aliphatic carbocycles. The van der Waals surface area contributed by atoms with Crippen LogP contribution in [0, 0.1) is 18.3 Å². The van der Waals surface area contributed by atoms with Crippen LogP contribution in [-0.2, 0) is 16.0 Å². The van der Waals surface area contributed by atoms with Gasteiger partial charge in [-0.2, -0.15) is 0 Å². The quantitative estimate of drug-likeness (QED) is 0.808. The molecular weight excluding hydrogens is 366 g/mol. The highest BCUT2D eigenvalue weighted by molar-refractivity contribution is 5.85. The number of hydrogen-bond donors (Lipinski definition) is 1. The molecule has 2 amide bonds. The lowest BCUT2D eigenvalue weighted by atomic mass is 9.75. The molecule has 29 heavy (non-hydrogen) atoms. The van der Waals surface area contributed by atoms with Gasteiger partial charge in [0.2, 0.25) is 11.8 Å². The van der Waals surface area contributed by atoms with E-state index >= 15 is 0 Å². The van der Waals surface area contributed by atoms with E-state index < -0.39 is 5.41 Å². The molecule has 2 heterocycles. The van der Waals surface area contributed by atoms with Gasteiger partial charge in [-0.05, 0) is 26.7 Å². The number of benzene rings is 1. The molecule has 0 spiro atoms. The number of nitrogens with zero attached hydrogens (tertiary/aromatic N) is 2. The predicted molar refractivity (Wildman–Crippen MR) is 112 cm³/mol. The van der Waals surface area contributed by atoms with Gasteiger partial charge in [0.1, 0.15) is 11.5 Å². The number of nitrogens with one attached hydrogen (secondary N) is 1. The monoisotopic (exact) mass is 397 g/mol. The number of carbonyl (C=O) groups excluding carboxylic acids is 2. The van der Waals surface area contributed by atoms with E-state index in [1.165, 1.54) is 5.56 Å². The molecule has 1 N–H and O–H groups in total. The fourth-order valence-electron chi connectivity index (χ4n) is 4.03. The lowest BCUT2D eigenvalue weighted by Crippen LogP contribution is -2.55. The molecule has 1 aliphatic heterocycles. The third kappa shape index (κ3) is 4.69. The van der Waals surface area contributed by atoms with Gasteiger partial charge in [-0.15, -0.1) is 0 Å². The fraction of sp³-hybridized carbons (Fsp3) is 0.522. The van der Waals surface area contributed by atoms with Gasteiger partial charge in [0.05, 0.1) is 5.41 Å². The Bertz CT molecular complexity index is 857. The molecule has 2 aromatic rings. The minimum atomic E-state index is -0.692. The van der Waals surface area contributed by atoms with Crippen LogP contribution in [0.2, 0.25) is 0 Å². The molecule has 6 heteroatoms. The van der Waals surface area contributed by atoms with Crippen LogP contribution in [0.4, 0.5) is 0 Å². The van der Waals surface area contributed by atoms with Crippen molar-refractivity contribution in [3.8, 4) is 11.3 Å². The van der Waals surface area contributed by atoms with Crippen molar-refractivity contribution in [1.82, 2.24) is 15.4 Å². The Morgan fingerprint density at radius 1 is 1.28 bits per heavy atom. The van der Waals surface area contributed by atoms with Crippen molar-refractivity contribution in [2.45, 2.75) is 47.0 Å². The summed E-state index contributed by atoms with van der Waals surface area (Å²) in [5, 5.41) is 7.18. The van der Waals surface area contributed by atoms with E-state index in [1.807, 2.05) is 62.9 Å². The zero-order valence-corrected chi connectivity index (χ0v) is 17.8. The maximum atomic E-state index is 13.1. The largest absolute Gasteiger partial charge is 0.361 e. The van der Waals surface area contributed by atoms with E-state index in [9.17, 15) is 9.59 Å². The molecule has 1 aromatic heterocycles. The van der Waals surface area contributed by atoms with E-state index in [-0.39, 0.29) is 17.7 Å². The van der Waals surface area contributed by atoms with E-state index in [1.54, 1.807) is 0 Å². The van der Waals surface area contributed by atoms with Gasteiger partial charge in [-0.1, -0.05) is 48.8 Å². The maximum Gasteiger partial charge on any atom is 0.228 e. The second kappa shape index (κ2) is 8.80. The van der Waals surface area contributed by atoms with E-state index in [2.05, 4.69) is 10.5 Å². The van der Waals surface area contributed by atoms with Crippen molar-refractivity contribution in [1.29, 1.82) is 0 Å². The summed E-state index contributed by atoms with van der Waals surface area (Å²) in [6.07, 6.45) is 1.95. The van der Waals surface area contributed by atoms with Crippen LogP contribution in [0.3, 0.4) is 0 Å². The first-order valence-electron chi connectivity index (χ1n) is 10.4. The molecule has 1 aromatic carbocycles. The van der Waals surface area contributed by atoms with Gasteiger partial charge in [-0.25, -0.2) is 0 Å². The molecule has 0 unspecified atom stereocenters. The number of likely N-dealkylation sites (tertiary alicyclic amines) is 1. The minimum absolute atomic E-state index is 0.0189. The molecule has 3 rings (SSSR count). The number of hydrogen-bond acceptors (Lipinski definition) is 4. The van der Waals surface area contributed by atoms with Gasteiger partial charge in [-0.3, -0.25) is 9.59 Å². The molecule has 1 saturated heterocycles. The second-order valence-electron chi connectivity index (χ2n) is 8.38. The Morgan fingerprint density at radius 3 is 2.66 bits per heavy atom. The van der Waals surface area contributed by atoms with E-state index in [4.69, 9.17) is 4.52 Å². The molecule has 1 fully saturated rings. The number of aryl methyl sites for hydroxylation is 1. The first-order valence-corrected chi connectivity index (χ1v) is 10.4. The number of amides is 2. The molecule has 0 bridgehead atoms. The summed E-state index contributed by atoms with van der Waals surface area (Å²) in [6, 6.07) is 10.0. The summed E-state index contributed by atoms with van der Waals surface area (Å²) in [5.74, 6) is 0.662. The molecule has 1 aliphatic rings. The summed E-state index contributed by atoms with van der Waals surface area (Å²) < 4.78 is 5.62. The highest BCUT2D eigenvalue weighted by Crippen LogP contribution is 2.35. The molecule has 156 valence electrons. The molecular formula is C23H31N3O3. The van der Waals surface area contributed by atoms with Gasteiger partial charge in [0.25, 0.3) is 0 Å². The Hall–Kier alpha value is -2.63. The van der Waals surface area contributed by atoms with Gasteiger partial charge in [0, 0.05) is 43.6 Å². The van der Waals surface area contributed by atoms with Gasteiger partial charge >= 0.3 is 0 Å². The molecule has 0 saturated carbocycles. The van der Waals surface area contributed by atoms with Crippen LogP contribution >= 0.6 is 0 Å². The van der Waals surface area contributed by atoms with Crippen LogP contribution in [0.5, 0.6) is 0 Å². The first-order chi connectivity index (χ1) is 13.8. The normalized spacial score (nSPS) is 19.4. The summed E-state index contributed by atoms with van der Waals surface area (Å²) in [4.78, 5) is 27.5. The van der Waals surface area contributed by atoms with Crippen molar-refractivity contribution < 1.29 is 14.1 Å². The summed E-state index contributed by atoms with van der Waals surface area (Å²) >= 11 is 0. The van der Waals surface area contributed by atoms with Crippen LogP contribution in [0.1, 0.15) is 44.9 Å². The summed E-state index contributed by atoms with van der Waals surface area (Å²) in [7, 11) is 0. The topological polar surface area (TPSA) is 75.4 Å². The van der Waals surface area contributed by atoms with Gasteiger partial charge < -0.3 is 14.7 Å². The predicted octanol–water partition coefficient (Wildman–Crippen LogP) is 3.59. The fourth-order valence-corrected chi connectivity index (χ4v) is 4.03. The highest BCUT2D eigenvalue weighted by Gasteiger charge is 2.44. The van der Waals surface area contributed by atoms with Crippen LogP contribution in [0.15, 0.2) is 34.9 Å². The van der Waals surface area contributed by atoms with Crippen LogP contribution in [0.25, 0.3) is 11.3 Å². The average molecular weight is 398 g/mol. The molecule has 0 radical (unpaired) electrons. The Labute approximate surface area is 172 Å². The van der Waals surface area contributed by atoms with E-state index in [0.29, 0.717) is 31.8 Å². The minimum Gasteiger partial charge on any atom is -0.361 e. The summed E-state index contributed by atoms with van der Waals surface area (Å²) in [6.45, 7) is 9.42. The summed E-state index contributed by atoms with van der Waals surface area (Å²) in [5.41, 5.74) is 2.24. The van der Waals surface area contributed by atoms with Crippen LogP contribution < -0.4 is 5.32 Å². The van der Waals surface area contributed by atoms with Crippen molar-refractivity contribution >= 4 is 11.8 Å². The molecule has 1 atom stereocenters. The Kier molecular flexibility index (Phi) is 6.40. The van der Waals surface area contributed by atoms with Gasteiger partial charge in [0.15, 0.2) is 0 Å². The number of carbonyl (C=O) groups is 2. The lowest BCUT2D eigenvalue weighted by molar-refractivity contribution is -0.143. The van der Waals surface area contributed by atoms with Crippen molar-refractivity contribution in [3.63, 3.8) is 0 Å². The average Bonchev–Trinajstić information content (AvgIpc) is 3.16. The number of aromatic nitrogens is 1. The number of piperidine rings is 1. The zero-order chi connectivity index (χ0) is 21.0. The van der Waals surface area contributed by atoms with Crippen molar-refractivity contribution in [2.24, 2.45) is 11.3 Å². The smallest absolute Gasteiger partial charge is 0.228 e. The van der Waals surface area contributed by atoms with Crippen LogP contribution in [-0.4, -0.2) is 41.5 Å². The van der Waals surface area contributed by atoms with Crippen molar-refractivity contribution in [2.75, 3.05) is 19.6 Å². The Morgan fingerprint density at radius 2 is 2.00 bits per heavy atom.